The van der Waals surface area contributed by atoms with Gasteiger partial charge in [-0.15, -0.1) is 0 Å². The normalized spacial score (nSPS) is 19.9. The van der Waals surface area contributed by atoms with Crippen molar-refractivity contribution in [1.82, 2.24) is 14.7 Å². The molecule has 0 aliphatic carbocycles. The molecule has 1 atom stereocenters. The van der Waals surface area contributed by atoms with Gasteiger partial charge in [0.25, 0.3) is 5.91 Å². The van der Waals surface area contributed by atoms with Crippen molar-refractivity contribution in [2.45, 2.75) is 32.2 Å². The number of nitrogens with two attached hydrogens (primary N) is 1. The van der Waals surface area contributed by atoms with Crippen LogP contribution in [0.2, 0.25) is 0 Å². The van der Waals surface area contributed by atoms with E-state index in [1.54, 1.807) is 15.8 Å². The van der Waals surface area contributed by atoms with Crippen molar-refractivity contribution < 1.29 is 4.79 Å². The number of aromatic nitrogens is 2. The van der Waals surface area contributed by atoms with Crippen molar-refractivity contribution in [3.05, 3.63) is 17.5 Å². The fraction of sp³-hybridized carbons (Fsp3) is 0.583. The lowest BCUT2D eigenvalue weighted by atomic mass is 10.0. The predicted octanol–water partition coefficient (Wildman–Crippen LogP) is 1.01. The molecule has 0 radical (unpaired) electrons. The first-order chi connectivity index (χ1) is 8.50. The van der Waals surface area contributed by atoms with Crippen LogP contribution in [0.25, 0.3) is 0 Å². The Bertz CT molecular complexity index is 482. The number of rotatable bonds is 2. The molecule has 1 fully saturated rings. The molecule has 1 amide bonds. The molecular formula is C12H18N4OS. The van der Waals surface area contributed by atoms with Crippen LogP contribution in [-0.4, -0.2) is 38.2 Å². The number of thiocarbonyl (C=S) groups is 1. The molecule has 0 saturated carbocycles. The summed E-state index contributed by atoms with van der Waals surface area (Å²) in [6, 6.07) is -0.110. The van der Waals surface area contributed by atoms with Crippen molar-refractivity contribution in [2.75, 3.05) is 6.54 Å². The highest BCUT2D eigenvalue weighted by Crippen LogP contribution is 2.21. The lowest BCUT2D eigenvalue weighted by Crippen LogP contribution is -2.49. The third-order valence-corrected chi connectivity index (χ3v) is 3.61. The summed E-state index contributed by atoms with van der Waals surface area (Å²) < 4.78 is 1.66. The van der Waals surface area contributed by atoms with Crippen LogP contribution in [0.4, 0.5) is 0 Å². The van der Waals surface area contributed by atoms with Crippen molar-refractivity contribution >= 4 is 23.1 Å². The molecule has 98 valence electrons. The van der Waals surface area contributed by atoms with E-state index in [4.69, 9.17) is 18.0 Å². The summed E-state index contributed by atoms with van der Waals surface area (Å²) in [5.41, 5.74) is 7.12. The minimum absolute atomic E-state index is 0.0156. The van der Waals surface area contributed by atoms with E-state index in [2.05, 4.69) is 5.10 Å². The second kappa shape index (κ2) is 5.06. The van der Waals surface area contributed by atoms with Gasteiger partial charge in [-0.2, -0.15) is 5.10 Å². The predicted molar refractivity (Wildman–Crippen MR) is 73.4 cm³/mol. The van der Waals surface area contributed by atoms with Crippen LogP contribution in [0.1, 0.15) is 35.3 Å². The van der Waals surface area contributed by atoms with Gasteiger partial charge >= 0.3 is 0 Å². The summed E-state index contributed by atoms with van der Waals surface area (Å²) in [5.74, 6) is -0.0156. The van der Waals surface area contributed by atoms with E-state index in [0.717, 1.165) is 31.5 Å². The maximum atomic E-state index is 12.5. The minimum Gasteiger partial charge on any atom is -0.392 e. The van der Waals surface area contributed by atoms with Gasteiger partial charge in [-0.1, -0.05) is 12.2 Å². The molecular weight excluding hydrogens is 248 g/mol. The summed E-state index contributed by atoms with van der Waals surface area (Å²) in [6.07, 6.45) is 4.69. The first-order valence-electron chi connectivity index (χ1n) is 6.11. The Morgan fingerprint density at radius 2 is 2.28 bits per heavy atom. The zero-order valence-electron chi connectivity index (χ0n) is 10.7. The molecule has 1 aliphatic rings. The van der Waals surface area contributed by atoms with Crippen LogP contribution in [0.15, 0.2) is 6.20 Å². The minimum atomic E-state index is -0.110. The van der Waals surface area contributed by atoms with Gasteiger partial charge in [0.2, 0.25) is 0 Å². The number of hydrogen-bond donors (Lipinski definition) is 1. The lowest BCUT2D eigenvalue weighted by Gasteiger charge is -2.34. The highest BCUT2D eigenvalue weighted by Gasteiger charge is 2.30. The number of piperidine rings is 1. The number of nitrogens with zero attached hydrogens (tertiary/aromatic N) is 3. The SMILES string of the molecule is Cc1nn(C)cc1C(=O)N1CCCCC1C(N)=S. The van der Waals surface area contributed by atoms with Crippen LogP contribution >= 0.6 is 12.2 Å². The maximum Gasteiger partial charge on any atom is 0.257 e. The molecule has 0 spiro atoms. The summed E-state index contributed by atoms with van der Waals surface area (Å²) in [6.45, 7) is 2.56. The second-order valence-electron chi connectivity index (χ2n) is 4.71. The Balaban J connectivity index is 2.26. The molecule has 2 N–H and O–H groups in total. The molecule has 1 aromatic heterocycles. The summed E-state index contributed by atoms with van der Waals surface area (Å²) in [4.78, 5) is 14.7. The van der Waals surface area contributed by atoms with E-state index >= 15 is 0 Å². The van der Waals surface area contributed by atoms with E-state index in [-0.39, 0.29) is 11.9 Å². The third kappa shape index (κ3) is 2.38. The number of hydrogen-bond acceptors (Lipinski definition) is 3. The molecule has 2 rings (SSSR count). The highest BCUT2D eigenvalue weighted by atomic mass is 32.1. The number of likely N-dealkylation sites (tertiary alicyclic amines) is 1. The zero-order chi connectivity index (χ0) is 13.3. The van der Waals surface area contributed by atoms with Gasteiger partial charge in [0.1, 0.15) is 0 Å². The highest BCUT2D eigenvalue weighted by molar-refractivity contribution is 7.80. The third-order valence-electron chi connectivity index (χ3n) is 3.34. The van der Waals surface area contributed by atoms with Crippen molar-refractivity contribution in [3.8, 4) is 0 Å². The van der Waals surface area contributed by atoms with Crippen LogP contribution in [0.5, 0.6) is 0 Å². The molecule has 0 bridgehead atoms. The van der Waals surface area contributed by atoms with Gasteiger partial charge in [-0.05, 0) is 26.2 Å². The zero-order valence-corrected chi connectivity index (χ0v) is 11.5. The molecule has 1 unspecified atom stereocenters. The number of carbonyl (C=O) groups excluding carboxylic acids is 1. The molecule has 1 aromatic rings. The van der Waals surface area contributed by atoms with Gasteiger partial charge in [0.15, 0.2) is 0 Å². The summed E-state index contributed by atoms with van der Waals surface area (Å²) in [5, 5.41) is 4.20. The van der Waals surface area contributed by atoms with Gasteiger partial charge in [-0.3, -0.25) is 9.48 Å². The Morgan fingerprint density at radius 1 is 1.56 bits per heavy atom. The molecule has 1 saturated heterocycles. The van der Waals surface area contributed by atoms with Crippen LogP contribution in [0, 0.1) is 6.92 Å². The van der Waals surface area contributed by atoms with E-state index in [0.29, 0.717) is 10.6 Å². The Kier molecular flexibility index (Phi) is 3.65. The Morgan fingerprint density at radius 3 is 2.83 bits per heavy atom. The number of aryl methyl sites for hydroxylation is 2. The average molecular weight is 266 g/mol. The van der Waals surface area contributed by atoms with E-state index in [1.807, 2.05) is 14.0 Å². The molecule has 0 aromatic carbocycles. The molecule has 18 heavy (non-hydrogen) atoms. The van der Waals surface area contributed by atoms with E-state index < -0.39 is 0 Å². The van der Waals surface area contributed by atoms with Gasteiger partial charge < -0.3 is 10.6 Å². The smallest absolute Gasteiger partial charge is 0.257 e. The second-order valence-corrected chi connectivity index (χ2v) is 5.19. The topological polar surface area (TPSA) is 64.2 Å². The van der Waals surface area contributed by atoms with Gasteiger partial charge in [-0.25, -0.2) is 0 Å². The van der Waals surface area contributed by atoms with Crippen LogP contribution < -0.4 is 5.73 Å². The van der Waals surface area contributed by atoms with Gasteiger partial charge in [0.05, 0.1) is 22.3 Å². The summed E-state index contributed by atoms with van der Waals surface area (Å²) in [7, 11) is 1.81. The van der Waals surface area contributed by atoms with Crippen LogP contribution in [0.3, 0.4) is 0 Å². The van der Waals surface area contributed by atoms with Gasteiger partial charge in [0, 0.05) is 19.8 Å². The quantitative estimate of drug-likeness (QED) is 0.811. The summed E-state index contributed by atoms with van der Waals surface area (Å²) >= 11 is 5.06. The Labute approximate surface area is 112 Å². The molecule has 2 heterocycles. The molecule has 6 heteroatoms. The first-order valence-corrected chi connectivity index (χ1v) is 6.52. The van der Waals surface area contributed by atoms with Crippen molar-refractivity contribution in [1.29, 1.82) is 0 Å². The number of carbonyl (C=O) groups is 1. The molecule has 5 nitrogen and oxygen atoms in total. The molecule has 1 aliphatic heterocycles. The maximum absolute atomic E-state index is 12.5. The van der Waals surface area contributed by atoms with Crippen molar-refractivity contribution in [2.24, 2.45) is 12.8 Å². The number of amides is 1. The van der Waals surface area contributed by atoms with Crippen molar-refractivity contribution in [3.63, 3.8) is 0 Å². The lowest BCUT2D eigenvalue weighted by molar-refractivity contribution is 0.0680. The van der Waals surface area contributed by atoms with E-state index in [9.17, 15) is 4.79 Å². The fourth-order valence-corrected chi connectivity index (χ4v) is 2.68. The Hall–Kier alpha value is -1.43. The standard InChI is InChI=1S/C12H18N4OS/c1-8-9(7-15(2)14-8)12(17)16-6-4-3-5-10(16)11(13)18/h7,10H,3-6H2,1-2H3,(H2,13,18). The monoisotopic (exact) mass is 266 g/mol. The van der Waals surface area contributed by atoms with E-state index in [1.165, 1.54) is 0 Å². The fourth-order valence-electron chi connectivity index (χ4n) is 2.43. The largest absolute Gasteiger partial charge is 0.392 e. The van der Waals surface area contributed by atoms with Crippen LogP contribution in [-0.2, 0) is 7.05 Å². The average Bonchev–Trinajstić information content (AvgIpc) is 2.67. The first kappa shape index (κ1) is 13.0.